The van der Waals surface area contributed by atoms with Crippen LogP contribution < -0.4 is 5.73 Å². The fourth-order valence-electron chi connectivity index (χ4n) is 2.27. The predicted molar refractivity (Wildman–Crippen MR) is 70.1 cm³/mol. The Labute approximate surface area is 109 Å². The third-order valence-electron chi connectivity index (χ3n) is 3.33. The molecule has 2 atom stereocenters. The third kappa shape index (κ3) is 5.80. The Hall–Kier alpha value is -0.650. The summed E-state index contributed by atoms with van der Waals surface area (Å²) in [6.45, 7) is 5.35. The van der Waals surface area contributed by atoms with Crippen molar-refractivity contribution < 1.29 is 14.6 Å². The first-order chi connectivity index (χ1) is 8.63. The Balaban J connectivity index is 2.18. The molecule has 0 aromatic heterocycles. The molecule has 0 radical (unpaired) electrons. The largest absolute Gasteiger partial charge is 0.389 e. The van der Waals surface area contributed by atoms with E-state index in [1.165, 1.54) is 0 Å². The summed E-state index contributed by atoms with van der Waals surface area (Å²) < 4.78 is 5.38. The van der Waals surface area contributed by atoms with Gasteiger partial charge in [0.1, 0.15) is 0 Å². The van der Waals surface area contributed by atoms with Crippen LogP contribution >= 0.6 is 0 Å². The highest BCUT2D eigenvalue weighted by molar-refractivity contribution is 5.76. The molecule has 0 bridgehead atoms. The molecule has 106 valence electrons. The molecule has 5 heteroatoms. The number of likely N-dealkylation sites (tertiary alicyclic amines) is 1. The summed E-state index contributed by atoms with van der Waals surface area (Å²) in [5.74, 6) is -0.291. The van der Waals surface area contributed by atoms with E-state index in [0.29, 0.717) is 26.3 Å². The summed E-state index contributed by atoms with van der Waals surface area (Å²) in [5.41, 5.74) is 5.32. The molecule has 18 heavy (non-hydrogen) atoms. The first-order valence-corrected chi connectivity index (χ1v) is 6.91. The van der Waals surface area contributed by atoms with Crippen LogP contribution in [0.4, 0.5) is 0 Å². The van der Waals surface area contributed by atoms with Gasteiger partial charge < -0.3 is 15.6 Å². The Morgan fingerprint density at radius 3 is 3.06 bits per heavy atom. The number of amides is 1. The van der Waals surface area contributed by atoms with Gasteiger partial charge in [0.05, 0.1) is 18.6 Å². The van der Waals surface area contributed by atoms with Gasteiger partial charge >= 0.3 is 0 Å². The smallest absolute Gasteiger partial charge is 0.221 e. The van der Waals surface area contributed by atoms with Crippen molar-refractivity contribution in [1.29, 1.82) is 0 Å². The minimum Gasteiger partial charge on any atom is -0.389 e. The van der Waals surface area contributed by atoms with E-state index in [1.807, 2.05) is 0 Å². The maximum Gasteiger partial charge on any atom is 0.221 e. The van der Waals surface area contributed by atoms with Gasteiger partial charge in [0.25, 0.3) is 0 Å². The number of carbonyl (C=O) groups is 1. The lowest BCUT2D eigenvalue weighted by Crippen LogP contribution is -2.44. The number of hydrogen-bond donors (Lipinski definition) is 2. The van der Waals surface area contributed by atoms with Crippen LogP contribution in [0.3, 0.4) is 0 Å². The third-order valence-corrected chi connectivity index (χ3v) is 3.33. The van der Waals surface area contributed by atoms with Gasteiger partial charge in [0.15, 0.2) is 0 Å². The summed E-state index contributed by atoms with van der Waals surface area (Å²) in [5, 5.41) is 9.84. The number of rotatable bonds is 8. The number of ether oxygens (including phenoxy) is 1. The van der Waals surface area contributed by atoms with E-state index >= 15 is 0 Å². The number of carbonyl (C=O) groups excluding carboxylic acids is 1. The summed E-state index contributed by atoms with van der Waals surface area (Å²) in [6.07, 6.45) is 3.49. The average Bonchev–Trinajstić information content (AvgIpc) is 2.35. The first-order valence-electron chi connectivity index (χ1n) is 6.91. The second kappa shape index (κ2) is 8.45. The molecule has 1 saturated heterocycles. The maximum absolute atomic E-state index is 11.1. The van der Waals surface area contributed by atoms with Crippen LogP contribution in [0.1, 0.15) is 32.6 Å². The lowest BCUT2D eigenvalue weighted by molar-refractivity contribution is -0.123. The van der Waals surface area contributed by atoms with Crippen molar-refractivity contribution >= 4 is 5.91 Å². The summed E-state index contributed by atoms with van der Waals surface area (Å²) >= 11 is 0. The van der Waals surface area contributed by atoms with Crippen molar-refractivity contribution in [1.82, 2.24) is 4.90 Å². The van der Waals surface area contributed by atoms with E-state index in [-0.39, 0.29) is 11.8 Å². The molecule has 1 heterocycles. The zero-order valence-electron chi connectivity index (χ0n) is 11.3. The van der Waals surface area contributed by atoms with Crippen molar-refractivity contribution in [2.24, 2.45) is 11.7 Å². The van der Waals surface area contributed by atoms with Gasteiger partial charge in [0, 0.05) is 19.7 Å². The maximum atomic E-state index is 11.1. The minimum atomic E-state index is -0.478. The fourth-order valence-corrected chi connectivity index (χ4v) is 2.27. The minimum absolute atomic E-state index is 0.0630. The van der Waals surface area contributed by atoms with Crippen molar-refractivity contribution in [3.63, 3.8) is 0 Å². The van der Waals surface area contributed by atoms with Crippen LogP contribution in [0.15, 0.2) is 0 Å². The second-order valence-electron chi connectivity index (χ2n) is 5.08. The lowest BCUT2D eigenvalue weighted by Gasteiger charge is -2.32. The highest BCUT2D eigenvalue weighted by Gasteiger charge is 2.25. The second-order valence-corrected chi connectivity index (χ2v) is 5.08. The van der Waals surface area contributed by atoms with E-state index in [0.717, 1.165) is 32.2 Å². The number of aliphatic hydroxyl groups excluding tert-OH is 1. The molecule has 0 aromatic rings. The van der Waals surface area contributed by atoms with Gasteiger partial charge in [-0.05, 0) is 25.8 Å². The first kappa shape index (κ1) is 15.4. The molecule has 1 aliphatic rings. The summed E-state index contributed by atoms with van der Waals surface area (Å²) in [7, 11) is 0. The standard InChI is InChI=1S/C13H26N2O3/c1-2-3-7-18-10-12(16)9-15-6-4-5-11(8-15)13(14)17/h11-12,16H,2-10H2,1H3,(H2,14,17). The zero-order valence-corrected chi connectivity index (χ0v) is 11.3. The Kier molecular flexibility index (Phi) is 7.23. The normalized spacial score (nSPS) is 22.9. The number of hydrogen-bond acceptors (Lipinski definition) is 4. The number of primary amides is 1. The molecule has 1 amide bonds. The Bertz CT molecular complexity index is 248. The van der Waals surface area contributed by atoms with Crippen molar-refractivity contribution in [3.05, 3.63) is 0 Å². The fraction of sp³-hybridized carbons (Fsp3) is 0.923. The van der Waals surface area contributed by atoms with Gasteiger partial charge in [-0.1, -0.05) is 13.3 Å². The van der Waals surface area contributed by atoms with E-state index in [9.17, 15) is 9.90 Å². The molecule has 0 spiro atoms. The van der Waals surface area contributed by atoms with Crippen molar-refractivity contribution in [2.75, 3.05) is 32.8 Å². The van der Waals surface area contributed by atoms with E-state index < -0.39 is 6.10 Å². The average molecular weight is 258 g/mol. The van der Waals surface area contributed by atoms with Crippen LogP contribution in [-0.4, -0.2) is 54.9 Å². The van der Waals surface area contributed by atoms with E-state index in [2.05, 4.69) is 11.8 Å². The topological polar surface area (TPSA) is 75.8 Å². The Morgan fingerprint density at radius 1 is 1.61 bits per heavy atom. The number of β-amino-alcohol motifs (C(OH)–C–C–N with tert-alkyl or cyclic N) is 1. The lowest BCUT2D eigenvalue weighted by atomic mass is 9.97. The van der Waals surface area contributed by atoms with Crippen LogP contribution in [0.25, 0.3) is 0 Å². The van der Waals surface area contributed by atoms with Gasteiger partial charge in [-0.2, -0.15) is 0 Å². The number of unbranched alkanes of at least 4 members (excludes halogenated alkanes) is 1. The molecule has 0 aliphatic carbocycles. The molecule has 0 saturated carbocycles. The van der Waals surface area contributed by atoms with Crippen LogP contribution in [0.2, 0.25) is 0 Å². The molecule has 1 fully saturated rings. The molecule has 0 aromatic carbocycles. The zero-order chi connectivity index (χ0) is 13.4. The molecule has 3 N–H and O–H groups in total. The number of nitrogens with zero attached hydrogens (tertiary/aromatic N) is 1. The number of nitrogens with two attached hydrogens (primary N) is 1. The van der Waals surface area contributed by atoms with Crippen molar-refractivity contribution in [3.8, 4) is 0 Å². The molecule has 5 nitrogen and oxygen atoms in total. The van der Waals surface area contributed by atoms with E-state index in [1.54, 1.807) is 0 Å². The number of piperidine rings is 1. The monoisotopic (exact) mass is 258 g/mol. The highest BCUT2D eigenvalue weighted by Crippen LogP contribution is 2.16. The van der Waals surface area contributed by atoms with Gasteiger partial charge in [-0.25, -0.2) is 0 Å². The summed E-state index contributed by atoms with van der Waals surface area (Å²) in [4.78, 5) is 13.2. The van der Waals surface area contributed by atoms with Crippen molar-refractivity contribution in [2.45, 2.75) is 38.7 Å². The van der Waals surface area contributed by atoms with Crippen LogP contribution in [0.5, 0.6) is 0 Å². The van der Waals surface area contributed by atoms with E-state index in [4.69, 9.17) is 10.5 Å². The molecule has 1 rings (SSSR count). The molecule has 1 aliphatic heterocycles. The quantitative estimate of drug-likeness (QED) is 0.616. The predicted octanol–water partition coefficient (Wildman–Crippen LogP) is 0.361. The van der Waals surface area contributed by atoms with Crippen LogP contribution in [0, 0.1) is 5.92 Å². The molecule has 2 unspecified atom stereocenters. The molecular formula is C13H26N2O3. The highest BCUT2D eigenvalue weighted by atomic mass is 16.5. The Morgan fingerprint density at radius 2 is 2.39 bits per heavy atom. The van der Waals surface area contributed by atoms with Crippen LogP contribution in [-0.2, 0) is 9.53 Å². The van der Waals surface area contributed by atoms with Gasteiger partial charge in [0.2, 0.25) is 5.91 Å². The summed E-state index contributed by atoms with van der Waals surface area (Å²) in [6, 6.07) is 0. The molecular weight excluding hydrogens is 232 g/mol. The van der Waals surface area contributed by atoms with Gasteiger partial charge in [-0.3, -0.25) is 9.69 Å². The number of aliphatic hydroxyl groups is 1. The van der Waals surface area contributed by atoms with Gasteiger partial charge in [-0.15, -0.1) is 0 Å². The SMILES string of the molecule is CCCCOCC(O)CN1CCCC(C(N)=O)C1.